The van der Waals surface area contributed by atoms with Crippen molar-refractivity contribution < 1.29 is 0 Å². The van der Waals surface area contributed by atoms with Gasteiger partial charge in [0.15, 0.2) is 0 Å². The smallest absolute Gasteiger partial charge is 0.222 e. The molecule has 1 spiro atoms. The summed E-state index contributed by atoms with van der Waals surface area (Å²) in [5, 5.41) is 3.48. The maximum atomic E-state index is 6.17. The van der Waals surface area contributed by atoms with Crippen LogP contribution in [0.2, 0.25) is 0 Å². The lowest BCUT2D eigenvalue weighted by Crippen LogP contribution is -2.36. The maximum absolute atomic E-state index is 6.17. The van der Waals surface area contributed by atoms with Gasteiger partial charge in [0.1, 0.15) is 5.82 Å². The van der Waals surface area contributed by atoms with E-state index >= 15 is 0 Å². The summed E-state index contributed by atoms with van der Waals surface area (Å²) in [5.41, 5.74) is 9.18. The minimum atomic E-state index is 0.299. The van der Waals surface area contributed by atoms with E-state index in [4.69, 9.17) is 15.7 Å². The first-order valence-electron chi connectivity index (χ1n) is 9.84. The van der Waals surface area contributed by atoms with Crippen LogP contribution in [0, 0.1) is 5.92 Å². The SMILES string of the molecule is CCN(CC1CCNC1)c1nc(N)nc2c1CCCC21CCCC1. The fourth-order valence-corrected chi connectivity index (χ4v) is 5.23. The van der Waals surface area contributed by atoms with Gasteiger partial charge in [0.2, 0.25) is 5.95 Å². The van der Waals surface area contributed by atoms with Gasteiger partial charge in [0.05, 0.1) is 5.69 Å². The van der Waals surface area contributed by atoms with Gasteiger partial charge in [-0.2, -0.15) is 4.98 Å². The molecule has 1 unspecified atom stereocenters. The molecule has 5 nitrogen and oxygen atoms in total. The number of nitrogen functional groups attached to an aromatic ring is 1. The minimum absolute atomic E-state index is 0.299. The highest BCUT2D eigenvalue weighted by Gasteiger charge is 2.42. The van der Waals surface area contributed by atoms with Crippen molar-refractivity contribution >= 4 is 11.8 Å². The van der Waals surface area contributed by atoms with Crippen molar-refractivity contribution in [1.29, 1.82) is 0 Å². The Labute approximate surface area is 145 Å². The van der Waals surface area contributed by atoms with Crippen LogP contribution in [0.25, 0.3) is 0 Å². The van der Waals surface area contributed by atoms with E-state index in [1.54, 1.807) is 0 Å². The standard InChI is InChI=1S/C19H31N5/c1-2-24(13-14-7-11-21-12-14)17-15-6-5-10-19(8-3-4-9-19)16(15)22-18(20)23-17/h14,21H,2-13H2,1H3,(H2,20,22,23). The first kappa shape index (κ1) is 16.1. The minimum Gasteiger partial charge on any atom is -0.368 e. The molecule has 0 radical (unpaired) electrons. The van der Waals surface area contributed by atoms with Crippen LogP contribution in [0.5, 0.6) is 0 Å². The van der Waals surface area contributed by atoms with E-state index < -0.39 is 0 Å². The molecule has 1 saturated heterocycles. The molecular weight excluding hydrogens is 298 g/mol. The Kier molecular flexibility index (Phi) is 4.37. The molecule has 24 heavy (non-hydrogen) atoms. The van der Waals surface area contributed by atoms with Gasteiger partial charge in [0, 0.05) is 24.1 Å². The zero-order valence-electron chi connectivity index (χ0n) is 15.0. The second kappa shape index (κ2) is 6.51. The summed E-state index contributed by atoms with van der Waals surface area (Å²) in [5.74, 6) is 2.33. The third-order valence-corrected chi connectivity index (χ3v) is 6.47. The molecule has 0 aromatic carbocycles. The third kappa shape index (κ3) is 2.77. The molecule has 1 atom stereocenters. The van der Waals surface area contributed by atoms with Gasteiger partial charge in [-0.3, -0.25) is 0 Å². The summed E-state index contributed by atoms with van der Waals surface area (Å²) in [6.45, 7) is 6.59. The Balaban J connectivity index is 1.71. The normalized spacial score (nSPS) is 25.1. The van der Waals surface area contributed by atoms with Crippen molar-refractivity contribution in [2.75, 3.05) is 36.8 Å². The van der Waals surface area contributed by atoms with Crippen molar-refractivity contribution in [2.24, 2.45) is 5.92 Å². The topological polar surface area (TPSA) is 67.1 Å². The highest BCUT2D eigenvalue weighted by Crippen LogP contribution is 2.49. The van der Waals surface area contributed by atoms with Gasteiger partial charge >= 0.3 is 0 Å². The molecule has 4 rings (SSSR count). The number of nitrogens with two attached hydrogens (primary N) is 1. The molecule has 1 aliphatic heterocycles. The Morgan fingerprint density at radius 2 is 2.00 bits per heavy atom. The molecule has 0 amide bonds. The Morgan fingerprint density at radius 1 is 1.21 bits per heavy atom. The molecule has 3 aliphatic rings. The van der Waals surface area contributed by atoms with E-state index in [2.05, 4.69) is 17.1 Å². The lowest BCUT2D eigenvalue weighted by atomic mass is 9.71. The third-order valence-electron chi connectivity index (χ3n) is 6.47. The number of anilines is 2. The predicted octanol–water partition coefficient (Wildman–Crippen LogP) is 2.64. The van der Waals surface area contributed by atoms with Gasteiger partial charge in [0.25, 0.3) is 0 Å². The Bertz CT molecular complexity index is 588. The highest BCUT2D eigenvalue weighted by molar-refractivity contribution is 5.55. The van der Waals surface area contributed by atoms with Crippen LogP contribution in [0.15, 0.2) is 0 Å². The molecule has 2 heterocycles. The number of nitrogens with one attached hydrogen (secondary N) is 1. The predicted molar refractivity (Wildman–Crippen MR) is 98.4 cm³/mol. The van der Waals surface area contributed by atoms with E-state index in [0.717, 1.165) is 44.3 Å². The summed E-state index contributed by atoms with van der Waals surface area (Å²) in [6.07, 6.45) is 10.2. The molecule has 1 aromatic rings. The van der Waals surface area contributed by atoms with E-state index in [0.29, 0.717) is 11.4 Å². The number of rotatable bonds is 4. The van der Waals surface area contributed by atoms with Crippen LogP contribution < -0.4 is 16.0 Å². The second-order valence-electron chi connectivity index (χ2n) is 7.97. The van der Waals surface area contributed by atoms with E-state index in [9.17, 15) is 0 Å². The van der Waals surface area contributed by atoms with Crippen molar-refractivity contribution in [3.63, 3.8) is 0 Å². The molecule has 0 bridgehead atoms. The van der Waals surface area contributed by atoms with Crippen molar-refractivity contribution in [3.8, 4) is 0 Å². The van der Waals surface area contributed by atoms with Gasteiger partial charge < -0.3 is 16.0 Å². The van der Waals surface area contributed by atoms with Crippen molar-refractivity contribution in [1.82, 2.24) is 15.3 Å². The zero-order valence-corrected chi connectivity index (χ0v) is 15.0. The number of nitrogens with zero attached hydrogens (tertiary/aromatic N) is 3. The molecule has 1 aromatic heterocycles. The number of hydrogen-bond donors (Lipinski definition) is 2. The van der Waals surface area contributed by atoms with E-state index in [1.165, 1.54) is 56.2 Å². The molecule has 1 saturated carbocycles. The van der Waals surface area contributed by atoms with Crippen LogP contribution >= 0.6 is 0 Å². The summed E-state index contributed by atoms with van der Waals surface area (Å²) in [6, 6.07) is 0. The first-order valence-corrected chi connectivity index (χ1v) is 9.84. The van der Waals surface area contributed by atoms with Gasteiger partial charge in [-0.1, -0.05) is 12.8 Å². The van der Waals surface area contributed by atoms with Crippen LogP contribution in [0.3, 0.4) is 0 Å². The molecule has 5 heteroatoms. The average Bonchev–Trinajstić information content (AvgIpc) is 3.26. The largest absolute Gasteiger partial charge is 0.368 e. The summed E-state index contributed by atoms with van der Waals surface area (Å²) >= 11 is 0. The zero-order chi connectivity index (χ0) is 16.6. The fourth-order valence-electron chi connectivity index (χ4n) is 5.23. The second-order valence-corrected chi connectivity index (χ2v) is 7.97. The van der Waals surface area contributed by atoms with Crippen molar-refractivity contribution in [2.45, 2.75) is 63.7 Å². The Morgan fingerprint density at radius 3 is 2.71 bits per heavy atom. The monoisotopic (exact) mass is 329 g/mol. The lowest BCUT2D eigenvalue weighted by Gasteiger charge is -2.37. The number of fused-ring (bicyclic) bond motifs is 2. The van der Waals surface area contributed by atoms with Crippen LogP contribution in [-0.2, 0) is 11.8 Å². The summed E-state index contributed by atoms with van der Waals surface area (Å²) in [4.78, 5) is 12.0. The first-order chi connectivity index (χ1) is 11.7. The highest BCUT2D eigenvalue weighted by atomic mass is 15.2. The van der Waals surface area contributed by atoms with Crippen LogP contribution in [0.1, 0.15) is 63.1 Å². The molecule has 132 valence electrons. The van der Waals surface area contributed by atoms with Gasteiger partial charge in [-0.15, -0.1) is 0 Å². The quantitative estimate of drug-likeness (QED) is 0.889. The lowest BCUT2D eigenvalue weighted by molar-refractivity contribution is 0.357. The van der Waals surface area contributed by atoms with Crippen molar-refractivity contribution in [3.05, 3.63) is 11.3 Å². The van der Waals surface area contributed by atoms with E-state index in [-0.39, 0.29) is 0 Å². The molecule has 3 N–H and O–H groups in total. The molecular formula is C19H31N5. The molecule has 2 fully saturated rings. The molecule has 2 aliphatic carbocycles. The number of hydrogen-bond acceptors (Lipinski definition) is 5. The van der Waals surface area contributed by atoms with Crippen LogP contribution in [0.4, 0.5) is 11.8 Å². The van der Waals surface area contributed by atoms with E-state index in [1.807, 2.05) is 0 Å². The average molecular weight is 329 g/mol. The van der Waals surface area contributed by atoms with Gasteiger partial charge in [-0.05, 0) is 64.5 Å². The van der Waals surface area contributed by atoms with Gasteiger partial charge in [-0.25, -0.2) is 4.98 Å². The summed E-state index contributed by atoms with van der Waals surface area (Å²) < 4.78 is 0. The fraction of sp³-hybridized carbons (Fsp3) is 0.789. The maximum Gasteiger partial charge on any atom is 0.222 e. The summed E-state index contributed by atoms with van der Waals surface area (Å²) in [7, 11) is 0. The Hall–Kier alpha value is -1.36. The number of aromatic nitrogens is 2. The van der Waals surface area contributed by atoms with Crippen LogP contribution in [-0.4, -0.2) is 36.1 Å².